The molecule has 150 valence electrons. The molecule has 1 aromatic carbocycles. The first kappa shape index (κ1) is 21.9. The summed E-state index contributed by atoms with van der Waals surface area (Å²) in [7, 11) is 0. The van der Waals surface area contributed by atoms with Crippen LogP contribution in [0.25, 0.3) is 0 Å². The van der Waals surface area contributed by atoms with Gasteiger partial charge in [-0.25, -0.2) is 9.37 Å². The lowest BCUT2D eigenvalue weighted by molar-refractivity contribution is 0.571. The van der Waals surface area contributed by atoms with Crippen LogP contribution < -0.4 is 15.5 Å². The average Bonchev–Trinajstić information content (AvgIpc) is 3.12. The topological polar surface area (TPSA) is 76.9 Å². The summed E-state index contributed by atoms with van der Waals surface area (Å²) in [5.74, 6) is 0.841. The lowest BCUT2D eigenvalue weighted by Crippen LogP contribution is -2.32. The number of anilines is 3. The van der Waals surface area contributed by atoms with Crippen molar-refractivity contribution >= 4 is 29.9 Å². The van der Waals surface area contributed by atoms with Crippen LogP contribution in [0.15, 0.2) is 24.3 Å². The van der Waals surface area contributed by atoms with Gasteiger partial charge in [0.05, 0.1) is 5.56 Å². The molecule has 3 rings (SSSR count). The molecular formula is C20H26ClFN6. The van der Waals surface area contributed by atoms with Crippen LogP contribution in [-0.4, -0.2) is 35.6 Å². The Morgan fingerprint density at radius 2 is 2.11 bits per heavy atom. The molecular weight excluding hydrogens is 379 g/mol. The molecule has 1 atom stereocenters. The average molecular weight is 405 g/mol. The van der Waals surface area contributed by atoms with Gasteiger partial charge in [0.15, 0.2) is 0 Å². The van der Waals surface area contributed by atoms with Gasteiger partial charge in [-0.1, -0.05) is 20.3 Å². The molecule has 0 spiro atoms. The number of nitrogens with one attached hydrogen (secondary N) is 2. The van der Waals surface area contributed by atoms with Crippen molar-refractivity contribution in [1.82, 2.24) is 15.3 Å². The smallest absolute Gasteiger partial charge is 0.229 e. The second-order valence-corrected chi connectivity index (χ2v) is 6.71. The van der Waals surface area contributed by atoms with Crippen LogP contribution >= 0.6 is 12.4 Å². The van der Waals surface area contributed by atoms with Crippen LogP contribution in [0.4, 0.5) is 21.8 Å². The highest BCUT2D eigenvalue weighted by molar-refractivity contribution is 5.85. The molecule has 1 fully saturated rings. The molecule has 0 bridgehead atoms. The third kappa shape index (κ3) is 5.31. The van der Waals surface area contributed by atoms with Gasteiger partial charge in [0.2, 0.25) is 5.95 Å². The zero-order valence-electron chi connectivity index (χ0n) is 16.2. The van der Waals surface area contributed by atoms with Crippen molar-refractivity contribution in [2.75, 3.05) is 29.9 Å². The van der Waals surface area contributed by atoms with Crippen LogP contribution in [0.5, 0.6) is 0 Å². The highest BCUT2D eigenvalue weighted by Crippen LogP contribution is 2.23. The molecule has 1 aliphatic rings. The molecule has 0 amide bonds. The summed E-state index contributed by atoms with van der Waals surface area (Å²) in [5, 5.41) is 15.6. The van der Waals surface area contributed by atoms with Crippen molar-refractivity contribution in [3.63, 3.8) is 0 Å². The molecule has 0 radical (unpaired) electrons. The first-order chi connectivity index (χ1) is 13.1. The minimum Gasteiger partial charge on any atom is -0.355 e. The summed E-state index contributed by atoms with van der Waals surface area (Å²) in [6.07, 6.45) is 2.94. The quantitative estimate of drug-likeness (QED) is 0.731. The number of nitriles is 1. The Morgan fingerprint density at radius 3 is 2.82 bits per heavy atom. The van der Waals surface area contributed by atoms with Crippen molar-refractivity contribution in [2.45, 2.75) is 39.2 Å². The second kappa shape index (κ2) is 10.2. The molecule has 1 aromatic heterocycles. The number of aromatic nitrogens is 2. The van der Waals surface area contributed by atoms with Crippen LogP contribution in [0, 0.1) is 17.1 Å². The van der Waals surface area contributed by atoms with E-state index in [0.717, 1.165) is 50.4 Å². The van der Waals surface area contributed by atoms with Gasteiger partial charge in [0.1, 0.15) is 17.7 Å². The Kier molecular flexibility index (Phi) is 7.97. The zero-order chi connectivity index (χ0) is 19.2. The summed E-state index contributed by atoms with van der Waals surface area (Å²) < 4.78 is 13.5. The predicted octanol–water partition coefficient (Wildman–Crippen LogP) is 3.79. The third-order valence-electron chi connectivity index (χ3n) is 4.62. The second-order valence-electron chi connectivity index (χ2n) is 6.71. The fraction of sp³-hybridized carbons (Fsp3) is 0.450. The van der Waals surface area contributed by atoms with Crippen molar-refractivity contribution in [3.8, 4) is 6.07 Å². The maximum atomic E-state index is 13.5. The highest BCUT2D eigenvalue weighted by atomic mass is 35.5. The molecule has 0 saturated carbocycles. The molecule has 2 aromatic rings. The first-order valence-corrected chi connectivity index (χ1v) is 9.45. The predicted molar refractivity (Wildman–Crippen MR) is 112 cm³/mol. The number of rotatable bonds is 7. The molecule has 6 nitrogen and oxygen atoms in total. The van der Waals surface area contributed by atoms with Crippen LogP contribution in [0.1, 0.15) is 37.9 Å². The monoisotopic (exact) mass is 404 g/mol. The van der Waals surface area contributed by atoms with E-state index in [1.54, 1.807) is 6.07 Å². The van der Waals surface area contributed by atoms with E-state index in [-0.39, 0.29) is 18.0 Å². The van der Waals surface area contributed by atoms with Gasteiger partial charge in [0, 0.05) is 36.6 Å². The molecule has 0 unspecified atom stereocenters. The molecule has 2 N–H and O–H groups in total. The van der Waals surface area contributed by atoms with E-state index in [0.29, 0.717) is 17.7 Å². The Balaban J connectivity index is 0.00000280. The summed E-state index contributed by atoms with van der Waals surface area (Å²) in [5.41, 5.74) is 1.57. The number of likely N-dealkylation sites (N-methyl/N-ethyl adjacent to an activating group) is 1. The summed E-state index contributed by atoms with van der Waals surface area (Å²) in [6, 6.07) is 8.72. The first-order valence-electron chi connectivity index (χ1n) is 9.45. The molecule has 2 heterocycles. The maximum absolute atomic E-state index is 13.5. The normalized spacial score (nSPS) is 15.8. The van der Waals surface area contributed by atoms with Gasteiger partial charge < -0.3 is 15.5 Å². The zero-order valence-corrected chi connectivity index (χ0v) is 17.0. The number of halogens is 2. The van der Waals surface area contributed by atoms with Crippen molar-refractivity contribution in [3.05, 3.63) is 41.3 Å². The molecule has 28 heavy (non-hydrogen) atoms. The minimum atomic E-state index is -0.532. The molecule has 8 heteroatoms. The van der Waals surface area contributed by atoms with E-state index in [1.807, 2.05) is 12.1 Å². The van der Waals surface area contributed by atoms with Crippen molar-refractivity contribution in [1.29, 1.82) is 5.26 Å². The van der Waals surface area contributed by atoms with Gasteiger partial charge in [-0.3, -0.25) is 0 Å². The molecule has 0 aliphatic carbocycles. The summed E-state index contributed by atoms with van der Waals surface area (Å²) in [6.45, 7) is 7.07. The Hall–Kier alpha value is -2.43. The number of hydrogen-bond acceptors (Lipinski definition) is 6. The largest absolute Gasteiger partial charge is 0.355 e. The van der Waals surface area contributed by atoms with E-state index in [1.165, 1.54) is 12.1 Å². The SMILES string of the molecule is CCCc1cc(N2CC[C@H](NCC)C2)nc(Nc2ccc(F)c(C#N)c2)n1.Cl. The van der Waals surface area contributed by atoms with Crippen LogP contribution in [0.2, 0.25) is 0 Å². The van der Waals surface area contributed by atoms with E-state index in [9.17, 15) is 4.39 Å². The van der Waals surface area contributed by atoms with Crippen molar-refractivity contribution in [2.24, 2.45) is 0 Å². The molecule has 1 aliphatic heterocycles. The summed E-state index contributed by atoms with van der Waals surface area (Å²) in [4.78, 5) is 11.5. The van der Waals surface area contributed by atoms with Gasteiger partial charge >= 0.3 is 0 Å². The van der Waals surface area contributed by atoms with Crippen LogP contribution in [-0.2, 0) is 6.42 Å². The van der Waals surface area contributed by atoms with Gasteiger partial charge in [0.25, 0.3) is 0 Å². The molecule has 1 saturated heterocycles. The number of hydrogen-bond donors (Lipinski definition) is 2. The highest BCUT2D eigenvalue weighted by Gasteiger charge is 2.23. The third-order valence-corrected chi connectivity index (χ3v) is 4.62. The Morgan fingerprint density at radius 1 is 1.29 bits per heavy atom. The van der Waals surface area contributed by atoms with Crippen LogP contribution in [0.3, 0.4) is 0 Å². The van der Waals surface area contributed by atoms with Crippen molar-refractivity contribution < 1.29 is 4.39 Å². The lowest BCUT2D eigenvalue weighted by Gasteiger charge is -2.19. The minimum absolute atomic E-state index is 0. The fourth-order valence-corrected chi connectivity index (χ4v) is 3.33. The fourth-order valence-electron chi connectivity index (χ4n) is 3.33. The Bertz CT molecular complexity index is 838. The van der Waals surface area contributed by atoms with E-state index >= 15 is 0 Å². The maximum Gasteiger partial charge on any atom is 0.229 e. The summed E-state index contributed by atoms with van der Waals surface area (Å²) >= 11 is 0. The van der Waals surface area contributed by atoms with Gasteiger partial charge in [-0.15, -0.1) is 12.4 Å². The van der Waals surface area contributed by atoms with E-state index in [2.05, 4.69) is 39.3 Å². The number of aryl methyl sites for hydroxylation is 1. The van der Waals surface area contributed by atoms with E-state index < -0.39 is 5.82 Å². The standard InChI is InChI=1S/C20H25FN6.ClH/c1-3-5-15-11-19(27-9-8-17(13-27)23-4-2)26-20(24-15)25-16-6-7-18(21)14(10-16)12-22;/h6-7,10-11,17,23H,3-5,8-9,13H2,1-2H3,(H,24,25,26);1H/t17-;/m0./s1. The lowest BCUT2D eigenvalue weighted by atomic mass is 10.2. The van der Waals surface area contributed by atoms with E-state index in [4.69, 9.17) is 5.26 Å². The number of benzene rings is 1. The Labute approximate surface area is 171 Å². The number of nitrogens with zero attached hydrogens (tertiary/aromatic N) is 4. The van der Waals surface area contributed by atoms with Gasteiger partial charge in [-0.2, -0.15) is 10.2 Å². The van der Waals surface area contributed by atoms with Gasteiger partial charge in [-0.05, 0) is 37.6 Å².